The van der Waals surface area contributed by atoms with Gasteiger partial charge in [0.05, 0.1) is 17.1 Å². The van der Waals surface area contributed by atoms with E-state index in [9.17, 15) is 0 Å². The van der Waals surface area contributed by atoms with Crippen molar-refractivity contribution in [2.24, 2.45) is 0 Å². The first-order valence-corrected chi connectivity index (χ1v) is 7.25. The van der Waals surface area contributed by atoms with Crippen LogP contribution < -0.4 is 10.1 Å². The monoisotopic (exact) mass is 326 g/mol. The smallest absolute Gasteiger partial charge is 0.141 e. The molecule has 96 valence electrons. The molecule has 0 bridgehead atoms. The van der Waals surface area contributed by atoms with Crippen molar-refractivity contribution >= 4 is 27.3 Å². The second-order valence-electron chi connectivity index (χ2n) is 3.87. The van der Waals surface area contributed by atoms with E-state index in [2.05, 4.69) is 38.4 Å². The van der Waals surface area contributed by atoms with Gasteiger partial charge in [0.1, 0.15) is 5.75 Å². The molecule has 2 rings (SSSR count). The number of nitrogens with zero attached hydrogens (tertiary/aromatic N) is 1. The minimum Gasteiger partial charge on any atom is -0.495 e. The Morgan fingerprint density at radius 3 is 2.89 bits per heavy atom. The first-order valence-electron chi connectivity index (χ1n) is 5.64. The highest BCUT2D eigenvalue weighted by Crippen LogP contribution is 2.30. The predicted molar refractivity (Wildman–Crippen MR) is 78.3 cm³/mol. The van der Waals surface area contributed by atoms with E-state index in [0.29, 0.717) is 0 Å². The number of likely N-dealkylation sites (N-methyl/N-ethyl adjacent to an activating group) is 1. The summed E-state index contributed by atoms with van der Waals surface area (Å²) in [5.74, 6) is 0.826. The number of hydrogen-bond donors (Lipinski definition) is 1. The van der Waals surface area contributed by atoms with Crippen molar-refractivity contribution in [3.8, 4) is 5.75 Å². The third-order valence-electron chi connectivity index (χ3n) is 2.79. The van der Waals surface area contributed by atoms with E-state index in [4.69, 9.17) is 4.74 Å². The number of halogens is 1. The lowest BCUT2D eigenvalue weighted by Crippen LogP contribution is -2.19. The van der Waals surface area contributed by atoms with Crippen LogP contribution >= 0.6 is 27.3 Å². The van der Waals surface area contributed by atoms with E-state index in [0.717, 1.165) is 21.5 Å². The Kier molecular flexibility index (Phi) is 4.74. The lowest BCUT2D eigenvalue weighted by atomic mass is 10.0. The number of methoxy groups -OCH3 is 1. The molecule has 0 aliphatic rings. The summed E-state index contributed by atoms with van der Waals surface area (Å²) in [6.45, 7) is 0. The normalized spacial score (nSPS) is 12.4. The molecule has 0 radical (unpaired) electrons. The van der Waals surface area contributed by atoms with Crippen molar-refractivity contribution in [1.82, 2.24) is 10.3 Å². The minimum absolute atomic E-state index is 0.230. The van der Waals surface area contributed by atoms with Crippen LogP contribution in [0, 0.1) is 0 Å². The Morgan fingerprint density at radius 2 is 2.28 bits per heavy atom. The molecule has 0 aliphatic carbocycles. The first-order chi connectivity index (χ1) is 8.74. The van der Waals surface area contributed by atoms with Crippen LogP contribution in [0.5, 0.6) is 5.75 Å². The maximum atomic E-state index is 5.36. The van der Waals surface area contributed by atoms with Gasteiger partial charge in [-0.15, -0.1) is 11.3 Å². The van der Waals surface area contributed by atoms with Crippen molar-refractivity contribution in [3.63, 3.8) is 0 Å². The van der Waals surface area contributed by atoms with Gasteiger partial charge in [-0.3, -0.25) is 4.98 Å². The Labute approximate surface area is 119 Å². The second kappa shape index (κ2) is 6.31. The molecule has 0 aromatic carbocycles. The molecule has 18 heavy (non-hydrogen) atoms. The van der Waals surface area contributed by atoms with Crippen molar-refractivity contribution < 1.29 is 4.74 Å². The van der Waals surface area contributed by atoms with Crippen molar-refractivity contribution in [2.45, 2.75) is 12.5 Å². The first kappa shape index (κ1) is 13.5. The Balaban J connectivity index is 2.22. The zero-order valence-electron chi connectivity index (χ0n) is 10.3. The van der Waals surface area contributed by atoms with E-state index in [1.165, 1.54) is 4.88 Å². The van der Waals surface area contributed by atoms with Crippen molar-refractivity contribution in [3.05, 3.63) is 44.8 Å². The van der Waals surface area contributed by atoms with Gasteiger partial charge in [-0.25, -0.2) is 0 Å². The molecular weight excluding hydrogens is 312 g/mol. The topological polar surface area (TPSA) is 34.2 Å². The molecule has 1 atom stereocenters. The summed E-state index contributed by atoms with van der Waals surface area (Å²) < 4.78 is 6.52. The second-order valence-corrected chi connectivity index (χ2v) is 6.42. The van der Waals surface area contributed by atoms with Crippen LogP contribution in [0.4, 0.5) is 0 Å². The average Bonchev–Trinajstić information content (AvgIpc) is 2.81. The highest BCUT2D eigenvalue weighted by molar-refractivity contribution is 9.11. The number of nitrogens with one attached hydrogen (secondary N) is 1. The molecule has 0 aliphatic heterocycles. The van der Waals surface area contributed by atoms with Gasteiger partial charge in [0.2, 0.25) is 0 Å². The number of hydrogen-bond acceptors (Lipinski definition) is 4. The zero-order chi connectivity index (χ0) is 13.0. The molecule has 5 heteroatoms. The van der Waals surface area contributed by atoms with Crippen molar-refractivity contribution in [1.29, 1.82) is 0 Å². The summed E-state index contributed by atoms with van der Waals surface area (Å²) in [6, 6.07) is 6.46. The van der Waals surface area contributed by atoms with Crippen LogP contribution in [-0.2, 0) is 6.42 Å². The van der Waals surface area contributed by atoms with E-state index in [1.807, 2.05) is 13.1 Å². The fourth-order valence-corrected chi connectivity index (χ4v) is 3.41. The van der Waals surface area contributed by atoms with Gasteiger partial charge in [0, 0.05) is 29.1 Å². The molecule has 0 saturated carbocycles. The van der Waals surface area contributed by atoms with E-state index in [1.54, 1.807) is 30.8 Å². The Hall–Kier alpha value is -0.910. The number of thiophene rings is 1. The Morgan fingerprint density at radius 1 is 1.44 bits per heavy atom. The number of pyridine rings is 1. The van der Waals surface area contributed by atoms with E-state index < -0.39 is 0 Å². The van der Waals surface area contributed by atoms with Gasteiger partial charge in [0.25, 0.3) is 0 Å². The average molecular weight is 327 g/mol. The van der Waals surface area contributed by atoms with Gasteiger partial charge in [-0.1, -0.05) is 0 Å². The van der Waals surface area contributed by atoms with Crippen LogP contribution in [-0.4, -0.2) is 19.1 Å². The third kappa shape index (κ3) is 3.10. The molecule has 1 N–H and O–H groups in total. The lowest BCUT2D eigenvalue weighted by Gasteiger charge is -2.18. The van der Waals surface area contributed by atoms with Gasteiger partial charge in [0.15, 0.2) is 0 Å². The van der Waals surface area contributed by atoms with Gasteiger partial charge < -0.3 is 10.1 Å². The van der Waals surface area contributed by atoms with E-state index >= 15 is 0 Å². The molecule has 0 amide bonds. The minimum atomic E-state index is 0.230. The molecule has 2 aromatic heterocycles. The van der Waals surface area contributed by atoms with Gasteiger partial charge in [-0.2, -0.15) is 0 Å². The van der Waals surface area contributed by atoms with Gasteiger partial charge in [-0.05, 0) is 41.2 Å². The summed E-state index contributed by atoms with van der Waals surface area (Å²) in [5.41, 5.74) is 1.14. The summed E-state index contributed by atoms with van der Waals surface area (Å²) in [4.78, 5) is 5.42. The van der Waals surface area contributed by atoms with Crippen LogP contribution in [0.15, 0.2) is 34.4 Å². The summed E-state index contributed by atoms with van der Waals surface area (Å²) in [5, 5.41) is 3.33. The zero-order valence-corrected chi connectivity index (χ0v) is 12.7. The molecule has 3 nitrogen and oxygen atoms in total. The number of rotatable bonds is 5. The van der Waals surface area contributed by atoms with Crippen LogP contribution in [0.3, 0.4) is 0 Å². The fourth-order valence-electron chi connectivity index (χ4n) is 1.88. The molecular formula is C13H15BrN2OS. The predicted octanol–water partition coefficient (Wildman–Crippen LogP) is 3.42. The standard InChI is InChI=1S/C13H15BrN2OS/c1-15-11(7-9-3-4-13(14)18-9)10-5-6-16-8-12(10)17-2/h3-6,8,11,15H,7H2,1-2H3. The number of aromatic nitrogens is 1. The summed E-state index contributed by atoms with van der Waals surface area (Å²) in [7, 11) is 3.64. The maximum Gasteiger partial charge on any atom is 0.141 e. The van der Waals surface area contributed by atoms with Crippen molar-refractivity contribution in [2.75, 3.05) is 14.2 Å². The highest BCUT2D eigenvalue weighted by Gasteiger charge is 2.15. The largest absolute Gasteiger partial charge is 0.495 e. The summed E-state index contributed by atoms with van der Waals surface area (Å²) in [6.07, 6.45) is 4.49. The van der Waals surface area contributed by atoms with Crippen LogP contribution in [0.25, 0.3) is 0 Å². The third-order valence-corrected chi connectivity index (χ3v) is 4.44. The van der Waals surface area contributed by atoms with E-state index in [-0.39, 0.29) is 6.04 Å². The molecule has 0 saturated heterocycles. The van der Waals surface area contributed by atoms with Gasteiger partial charge >= 0.3 is 0 Å². The summed E-state index contributed by atoms with van der Waals surface area (Å²) >= 11 is 5.25. The van der Waals surface area contributed by atoms with Crippen LogP contribution in [0.1, 0.15) is 16.5 Å². The van der Waals surface area contributed by atoms with Crippen LogP contribution in [0.2, 0.25) is 0 Å². The molecule has 2 aromatic rings. The molecule has 1 unspecified atom stereocenters. The lowest BCUT2D eigenvalue weighted by molar-refractivity contribution is 0.399. The quantitative estimate of drug-likeness (QED) is 0.914. The molecule has 0 spiro atoms. The molecule has 0 fully saturated rings. The SMILES string of the molecule is CNC(Cc1ccc(Br)s1)c1ccncc1OC. The maximum absolute atomic E-state index is 5.36. The fraction of sp³-hybridized carbons (Fsp3) is 0.308. The number of ether oxygens (including phenoxy) is 1. The Bertz CT molecular complexity index is 515. The molecule has 2 heterocycles. The highest BCUT2D eigenvalue weighted by atomic mass is 79.9.